The normalized spacial score (nSPS) is 40.5. The maximum atomic E-state index is 10.3. The summed E-state index contributed by atoms with van der Waals surface area (Å²) in [5, 5.41) is 31.0. The van der Waals surface area contributed by atoms with Gasteiger partial charge in [0.2, 0.25) is 15.5 Å². The molecule has 0 aromatic rings. The van der Waals surface area contributed by atoms with Crippen LogP contribution in [0.1, 0.15) is 38.5 Å². The Bertz CT molecular complexity index is 315. The number of hydrogen-bond donors (Lipinski definition) is 3. The quantitative estimate of drug-likeness (QED) is 0.652. The molecule has 0 radical (unpaired) electrons. The third-order valence-corrected chi connectivity index (χ3v) is 11.6. The van der Waals surface area contributed by atoms with Gasteiger partial charge in [0.05, 0.1) is 0 Å². The van der Waals surface area contributed by atoms with Gasteiger partial charge in [0, 0.05) is 19.6 Å². The molecule has 0 amide bonds. The van der Waals surface area contributed by atoms with Crippen LogP contribution in [0, 0.1) is 0 Å². The van der Waals surface area contributed by atoms with Gasteiger partial charge < -0.3 is 15.3 Å². The second kappa shape index (κ2) is 6.05. The highest BCUT2D eigenvalue weighted by molar-refractivity contribution is 9.41. The first kappa shape index (κ1) is 15.6. The Hall–Kier alpha value is 0.670. The fourth-order valence-corrected chi connectivity index (χ4v) is 10.3. The van der Waals surface area contributed by atoms with E-state index in [0.29, 0.717) is 0 Å². The molecular weight excluding hydrogens is 345 g/mol. The molecule has 6 nitrogen and oxygen atoms in total. The van der Waals surface area contributed by atoms with Crippen molar-refractivity contribution >= 4 is 21.9 Å². The monoisotopic (exact) mass is 368 g/mol. The van der Waals surface area contributed by atoms with E-state index in [2.05, 4.69) is 29.5 Å². The van der Waals surface area contributed by atoms with Crippen molar-refractivity contribution in [3.63, 3.8) is 0 Å². The van der Waals surface area contributed by atoms with Gasteiger partial charge in [-0.1, -0.05) is 0 Å². The summed E-state index contributed by atoms with van der Waals surface area (Å²) < 4.78 is 6.24. The number of hydrogen-bond acceptors (Lipinski definition) is 6. The molecule has 3 rings (SSSR count). The summed E-state index contributed by atoms with van der Waals surface area (Å²) in [5.74, 6) is 0. The van der Waals surface area contributed by atoms with Crippen LogP contribution in [0.4, 0.5) is 0 Å². The van der Waals surface area contributed by atoms with Crippen molar-refractivity contribution in [2.75, 3.05) is 19.6 Å². The Balaban J connectivity index is 1.93. The zero-order valence-electron chi connectivity index (χ0n) is 11.6. The van der Waals surface area contributed by atoms with Crippen molar-refractivity contribution in [3.05, 3.63) is 0 Å². The van der Waals surface area contributed by atoms with Gasteiger partial charge in [-0.3, -0.25) is 0 Å². The van der Waals surface area contributed by atoms with Crippen molar-refractivity contribution in [2.24, 2.45) is 0 Å². The van der Waals surface area contributed by atoms with E-state index in [1.165, 1.54) is 0 Å². The van der Waals surface area contributed by atoms with Crippen molar-refractivity contribution in [2.45, 2.75) is 57.2 Å². The summed E-state index contributed by atoms with van der Waals surface area (Å²) in [6.45, 7) is 2.44. The number of aliphatic hydroxyl groups is 3. The van der Waals surface area contributed by atoms with Crippen LogP contribution in [0.3, 0.4) is 0 Å². The smallest absolute Gasteiger partial charge is 0.307 e. The highest BCUT2D eigenvalue weighted by Gasteiger charge is 2.63. The molecule has 0 aromatic heterocycles. The SMILES string of the molecule is OC1CCCN1[P+](Br)(N1CCCC1O)N1CCCC1O. The van der Waals surface area contributed by atoms with Gasteiger partial charge in [0.1, 0.15) is 18.7 Å². The second-order valence-electron chi connectivity index (χ2n) is 5.85. The average molecular weight is 369 g/mol. The molecule has 3 saturated heterocycles. The van der Waals surface area contributed by atoms with Gasteiger partial charge in [-0.15, -0.1) is 14.0 Å². The van der Waals surface area contributed by atoms with Crippen LogP contribution in [0.25, 0.3) is 0 Å². The summed E-state index contributed by atoms with van der Waals surface area (Å²) >= 11 is 3.90. The minimum Gasteiger partial charge on any atom is -0.375 e. The maximum Gasteiger partial charge on any atom is 0.307 e. The van der Waals surface area contributed by atoms with Crippen molar-refractivity contribution in [3.8, 4) is 0 Å². The van der Waals surface area contributed by atoms with E-state index >= 15 is 0 Å². The molecule has 20 heavy (non-hydrogen) atoms. The third-order valence-electron chi connectivity index (χ3n) is 4.56. The lowest BCUT2D eigenvalue weighted by Crippen LogP contribution is -2.47. The van der Waals surface area contributed by atoms with Gasteiger partial charge in [0.15, 0.2) is 0 Å². The van der Waals surface area contributed by atoms with Gasteiger partial charge in [-0.05, 0) is 38.5 Å². The molecule has 0 aromatic carbocycles. The molecule has 3 fully saturated rings. The lowest BCUT2D eigenvalue weighted by atomic mass is 10.4. The van der Waals surface area contributed by atoms with E-state index < -0.39 is 25.1 Å². The van der Waals surface area contributed by atoms with Gasteiger partial charge in [-0.25, -0.2) is 0 Å². The second-order valence-corrected chi connectivity index (χ2v) is 11.2. The molecule has 0 bridgehead atoms. The largest absolute Gasteiger partial charge is 0.375 e. The van der Waals surface area contributed by atoms with E-state index in [-0.39, 0.29) is 0 Å². The first-order valence-corrected chi connectivity index (χ1v) is 11.2. The maximum absolute atomic E-state index is 10.3. The zero-order chi connectivity index (χ0) is 14.3. The van der Waals surface area contributed by atoms with Crippen LogP contribution >= 0.6 is 21.9 Å². The minimum atomic E-state index is -2.22. The van der Waals surface area contributed by atoms with Crippen LogP contribution in [0.5, 0.6) is 0 Å². The average Bonchev–Trinajstić information content (AvgIpc) is 3.10. The van der Waals surface area contributed by atoms with Crippen molar-refractivity contribution in [1.29, 1.82) is 0 Å². The van der Waals surface area contributed by atoms with Gasteiger partial charge in [-0.2, -0.15) is 0 Å². The topological polar surface area (TPSA) is 70.4 Å². The Morgan fingerprint density at radius 3 is 1.20 bits per heavy atom. The Labute approximate surface area is 128 Å². The third kappa shape index (κ3) is 2.46. The highest BCUT2D eigenvalue weighted by atomic mass is 79.9. The van der Waals surface area contributed by atoms with Crippen molar-refractivity contribution < 1.29 is 15.3 Å². The number of rotatable bonds is 3. The van der Waals surface area contributed by atoms with E-state index in [1.54, 1.807) is 0 Å². The first-order valence-electron chi connectivity index (χ1n) is 7.49. The summed E-state index contributed by atoms with van der Waals surface area (Å²) in [7, 11) is 0. The van der Waals surface area contributed by atoms with Crippen LogP contribution in [-0.2, 0) is 0 Å². The molecule has 3 N–H and O–H groups in total. The van der Waals surface area contributed by atoms with E-state index in [1.807, 2.05) is 0 Å². The fraction of sp³-hybridized carbons (Fsp3) is 1.00. The summed E-state index contributed by atoms with van der Waals surface area (Å²) in [4.78, 5) is 0. The Kier molecular flexibility index (Phi) is 4.71. The van der Waals surface area contributed by atoms with Gasteiger partial charge >= 0.3 is 6.42 Å². The molecule has 3 heterocycles. The molecule has 3 aliphatic heterocycles. The predicted molar refractivity (Wildman–Crippen MR) is 81.7 cm³/mol. The lowest BCUT2D eigenvalue weighted by molar-refractivity contribution is 0.0406. The van der Waals surface area contributed by atoms with Crippen LogP contribution in [0.15, 0.2) is 0 Å². The van der Waals surface area contributed by atoms with E-state index in [0.717, 1.165) is 58.2 Å². The van der Waals surface area contributed by atoms with Crippen molar-refractivity contribution in [1.82, 2.24) is 14.0 Å². The molecule has 0 saturated carbocycles. The number of aliphatic hydroxyl groups excluding tert-OH is 3. The van der Waals surface area contributed by atoms with E-state index in [9.17, 15) is 15.3 Å². The zero-order valence-corrected chi connectivity index (χ0v) is 14.1. The standard InChI is InChI=1S/C12H24BrN3O3P/c13-20(14-7-1-4-10(14)17,15-8-2-5-11(15)18)16-9-3-6-12(16)19/h10-12,17-19H,1-9H2/q+1. The Morgan fingerprint density at radius 1 is 0.700 bits per heavy atom. The molecule has 3 aliphatic rings. The summed E-state index contributed by atoms with van der Waals surface area (Å²) in [6, 6.07) is 0. The van der Waals surface area contributed by atoms with Crippen LogP contribution in [-0.4, -0.2) is 67.6 Å². The molecule has 8 heteroatoms. The molecular formula is C12H24BrN3O3P+. The molecule has 3 unspecified atom stereocenters. The number of halogens is 1. The highest BCUT2D eigenvalue weighted by Crippen LogP contribution is 2.77. The number of nitrogens with zero attached hydrogens (tertiary/aromatic N) is 3. The molecule has 0 spiro atoms. The molecule has 0 aliphatic carbocycles. The van der Waals surface area contributed by atoms with E-state index in [4.69, 9.17) is 0 Å². The minimum absolute atomic E-state index is 0.483. The lowest BCUT2D eigenvalue weighted by Gasteiger charge is -2.42. The first-order chi connectivity index (χ1) is 9.55. The fourth-order valence-electron chi connectivity index (χ4n) is 3.53. The van der Waals surface area contributed by atoms with Crippen LogP contribution < -0.4 is 0 Å². The van der Waals surface area contributed by atoms with Crippen LogP contribution in [0.2, 0.25) is 0 Å². The molecule has 116 valence electrons. The summed E-state index contributed by atoms with van der Waals surface area (Å²) in [5.41, 5.74) is 0. The molecule has 3 atom stereocenters. The van der Waals surface area contributed by atoms with Gasteiger partial charge in [0.25, 0.3) is 0 Å². The summed E-state index contributed by atoms with van der Waals surface area (Å²) in [6.07, 6.45) is 1.51. The Morgan fingerprint density at radius 2 is 1.00 bits per heavy atom. The predicted octanol–water partition coefficient (Wildman–Crippen LogP) is 1.30.